The Labute approximate surface area is 128 Å². The summed E-state index contributed by atoms with van der Waals surface area (Å²) in [4.78, 5) is 38.4. The number of aryl methyl sites for hydroxylation is 2. The molecule has 0 aliphatic heterocycles. The molecule has 0 bridgehead atoms. The fourth-order valence-electron chi connectivity index (χ4n) is 2.86. The summed E-state index contributed by atoms with van der Waals surface area (Å²) in [7, 11) is 0. The first-order chi connectivity index (χ1) is 10.7. The van der Waals surface area contributed by atoms with Crippen LogP contribution in [0.3, 0.4) is 0 Å². The SMILES string of the molecule is O=c1cc(CNc2ncnc3sc4c(c23)CCC4)[nH]c(=O)[nH]1. The van der Waals surface area contributed by atoms with Gasteiger partial charge in [0.15, 0.2) is 0 Å². The van der Waals surface area contributed by atoms with E-state index in [-0.39, 0.29) is 0 Å². The number of nitrogens with one attached hydrogen (secondary N) is 3. The molecule has 1 aliphatic rings. The summed E-state index contributed by atoms with van der Waals surface area (Å²) in [6, 6.07) is 1.37. The number of hydrogen-bond donors (Lipinski definition) is 3. The highest BCUT2D eigenvalue weighted by molar-refractivity contribution is 7.19. The molecule has 112 valence electrons. The molecule has 3 aromatic heterocycles. The van der Waals surface area contributed by atoms with Crippen LogP contribution in [0.15, 0.2) is 22.0 Å². The molecular formula is C14H13N5O2S. The largest absolute Gasteiger partial charge is 0.364 e. The zero-order valence-electron chi connectivity index (χ0n) is 11.6. The van der Waals surface area contributed by atoms with E-state index in [1.54, 1.807) is 11.3 Å². The van der Waals surface area contributed by atoms with Crippen molar-refractivity contribution in [1.29, 1.82) is 0 Å². The number of anilines is 1. The number of fused-ring (bicyclic) bond motifs is 3. The standard InChI is InChI=1S/C14H13N5O2S/c20-10-4-7(18-14(21)19-10)5-15-12-11-8-2-1-3-9(8)22-13(11)17-6-16-12/h4,6H,1-3,5H2,(H,15,16,17)(H2,18,19,20,21). The second-order valence-electron chi connectivity index (χ2n) is 5.23. The number of H-pyrrole nitrogens is 2. The summed E-state index contributed by atoms with van der Waals surface area (Å²) < 4.78 is 0. The minimum Gasteiger partial charge on any atom is -0.364 e. The molecule has 1 aliphatic carbocycles. The number of aromatic nitrogens is 4. The average molecular weight is 315 g/mol. The Morgan fingerprint density at radius 1 is 1.23 bits per heavy atom. The Hall–Kier alpha value is -2.48. The van der Waals surface area contributed by atoms with Gasteiger partial charge in [-0.2, -0.15) is 0 Å². The highest BCUT2D eigenvalue weighted by Crippen LogP contribution is 2.38. The molecule has 0 atom stereocenters. The third-order valence-corrected chi connectivity index (χ3v) is 4.96. The van der Waals surface area contributed by atoms with Gasteiger partial charge in [-0.15, -0.1) is 11.3 Å². The van der Waals surface area contributed by atoms with E-state index >= 15 is 0 Å². The molecule has 0 amide bonds. The first-order valence-electron chi connectivity index (χ1n) is 7.02. The number of hydrogen-bond acceptors (Lipinski definition) is 6. The summed E-state index contributed by atoms with van der Waals surface area (Å²) in [6.07, 6.45) is 4.88. The van der Waals surface area contributed by atoms with Crippen LogP contribution in [0.2, 0.25) is 0 Å². The molecular weight excluding hydrogens is 302 g/mol. The minimum atomic E-state index is -0.506. The number of thiophene rings is 1. The fraction of sp³-hybridized carbons (Fsp3) is 0.286. The molecule has 8 heteroatoms. The molecule has 0 aromatic carbocycles. The van der Waals surface area contributed by atoms with Crippen molar-refractivity contribution in [2.24, 2.45) is 0 Å². The van der Waals surface area contributed by atoms with E-state index in [1.165, 1.54) is 29.3 Å². The van der Waals surface area contributed by atoms with Gasteiger partial charge in [-0.1, -0.05) is 0 Å². The lowest BCUT2D eigenvalue weighted by Crippen LogP contribution is -2.24. The van der Waals surface area contributed by atoms with Gasteiger partial charge in [-0.05, 0) is 24.8 Å². The van der Waals surface area contributed by atoms with Gasteiger partial charge in [-0.3, -0.25) is 9.78 Å². The molecule has 0 fully saturated rings. The van der Waals surface area contributed by atoms with E-state index in [0.717, 1.165) is 28.9 Å². The summed E-state index contributed by atoms with van der Waals surface area (Å²) >= 11 is 1.72. The van der Waals surface area contributed by atoms with Crippen molar-refractivity contribution in [1.82, 2.24) is 19.9 Å². The molecule has 0 unspecified atom stereocenters. The van der Waals surface area contributed by atoms with Crippen LogP contribution in [0.25, 0.3) is 10.2 Å². The van der Waals surface area contributed by atoms with Gasteiger partial charge in [0.25, 0.3) is 5.56 Å². The van der Waals surface area contributed by atoms with Crippen LogP contribution in [-0.2, 0) is 19.4 Å². The fourth-order valence-corrected chi connectivity index (χ4v) is 4.09. The molecule has 4 rings (SSSR count). The van der Waals surface area contributed by atoms with E-state index in [2.05, 4.69) is 25.3 Å². The monoisotopic (exact) mass is 315 g/mol. The van der Waals surface area contributed by atoms with Crippen LogP contribution in [0.5, 0.6) is 0 Å². The first-order valence-corrected chi connectivity index (χ1v) is 7.84. The lowest BCUT2D eigenvalue weighted by Gasteiger charge is -2.07. The second-order valence-corrected chi connectivity index (χ2v) is 6.31. The predicted octanol–water partition coefficient (Wildman–Crippen LogP) is 1.17. The Morgan fingerprint density at radius 2 is 2.14 bits per heavy atom. The maximum atomic E-state index is 11.3. The number of aromatic amines is 2. The van der Waals surface area contributed by atoms with Gasteiger partial charge in [0.2, 0.25) is 0 Å². The maximum absolute atomic E-state index is 11.3. The van der Waals surface area contributed by atoms with Crippen molar-refractivity contribution >= 4 is 27.4 Å². The van der Waals surface area contributed by atoms with E-state index in [1.807, 2.05) is 0 Å². The van der Waals surface area contributed by atoms with Crippen LogP contribution in [-0.4, -0.2) is 19.9 Å². The zero-order chi connectivity index (χ0) is 15.1. The van der Waals surface area contributed by atoms with E-state index in [0.29, 0.717) is 12.2 Å². The van der Waals surface area contributed by atoms with Gasteiger partial charge in [0.1, 0.15) is 17.0 Å². The third kappa shape index (κ3) is 2.21. The van der Waals surface area contributed by atoms with Crippen molar-refractivity contribution < 1.29 is 0 Å². The van der Waals surface area contributed by atoms with Crippen molar-refractivity contribution in [3.05, 3.63) is 49.4 Å². The van der Waals surface area contributed by atoms with Crippen molar-refractivity contribution in [2.45, 2.75) is 25.8 Å². The van der Waals surface area contributed by atoms with Crippen molar-refractivity contribution in [3.8, 4) is 0 Å². The predicted molar refractivity (Wildman–Crippen MR) is 84.5 cm³/mol. The van der Waals surface area contributed by atoms with Gasteiger partial charge >= 0.3 is 5.69 Å². The Kier molecular flexibility index (Phi) is 3.04. The molecule has 3 N–H and O–H groups in total. The Balaban J connectivity index is 1.70. The molecule has 0 spiro atoms. The average Bonchev–Trinajstić information content (AvgIpc) is 3.04. The first kappa shape index (κ1) is 13.2. The third-order valence-electron chi connectivity index (χ3n) is 3.76. The summed E-state index contributed by atoms with van der Waals surface area (Å²) in [5, 5.41) is 4.28. The molecule has 3 heterocycles. The molecule has 0 radical (unpaired) electrons. The van der Waals surface area contributed by atoms with Gasteiger partial charge in [0, 0.05) is 16.6 Å². The molecule has 22 heavy (non-hydrogen) atoms. The Morgan fingerprint density at radius 3 is 3.00 bits per heavy atom. The highest BCUT2D eigenvalue weighted by Gasteiger charge is 2.21. The molecule has 7 nitrogen and oxygen atoms in total. The molecule has 0 saturated carbocycles. The molecule has 0 saturated heterocycles. The van der Waals surface area contributed by atoms with Gasteiger partial charge in [-0.25, -0.2) is 14.8 Å². The highest BCUT2D eigenvalue weighted by atomic mass is 32.1. The van der Waals surface area contributed by atoms with Crippen LogP contribution in [0.4, 0.5) is 5.82 Å². The smallest absolute Gasteiger partial charge is 0.325 e. The van der Waals surface area contributed by atoms with Gasteiger partial charge in [0.05, 0.1) is 11.9 Å². The lowest BCUT2D eigenvalue weighted by molar-refractivity contribution is 0.916. The lowest BCUT2D eigenvalue weighted by atomic mass is 10.2. The van der Waals surface area contributed by atoms with Crippen LogP contribution in [0, 0.1) is 0 Å². The normalized spacial score (nSPS) is 13.5. The summed E-state index contributed by atoms with van der Waals surface area (Å²) in [5.74, 6) is 0.755. The van der Waals surface area contributed by atoms with Crippen molar-refractivity contribution in [2.75, 3.05) is 5.32 Å². The van der Waals surface area contributed by atoms with Crippen LogP contribution >= 0.6 is 11.3 Å². The van der Waals surface area contributed by atoms with Crippen LogP contribution in [0.1, 0.15) is 22.6 Å². The second kappa shape index (κ2) is 5.06. The summed E-state index contributed by atoms with van der Waals surface area (Å²) in [5.41, 5.74) is 0.938. The van der Waals surface area contributed by atoms with Crippen molar-refractivity contribution in [3.63, 3.8) is 0 Å². The Bertz CT molecular complexity index is 943. The molecule has 3 aromatic rings. The topological polar surface area (TPSA) is 104 Å². The van der Waals surface area contributed by atoms with E-state index in [4.69, 9.17) is 0 Å². The summed E-state index contributed by atoms with van der Waals surface area (Å²) in [6.45, 7) is 0.329. The minimum absolute atomic E-state index is 0.329. The van der Waals surface area contributed by atoms with Gasteiger partial charge < -0.3 is 10.3 Å². The van der Waals surface area contributed by atoms with E-state index in [9.17, 15) is 9.59 Å². The number of rotatable bonds is 3. The number of nitrogens with zero attached hydrogens (tertiary/aromatic N) is 2. The quantitative estimate of drug-likeness (QED) is 0.673. The zero-order valence-corrected chi connectivity index (χ0v) is 12.4. The van der Waals surface area contributed by atoms with E-state index < -0.39 is 11.2 Å². The maximum Gasteiger partial charge on any atom is 0.325 e. The van der Waals surface area contributed by atoms with Crippen LogP contribution < -0.4 is 16.6 Å².